The maximum atomic E-state index is 13.0. The van der Waals surface area contributed by atoms with Gasteiger partial charge in [-0.15, -0.1) is 0 Å². The number of fused-ring (bicyclic) bond motifs is 1. The van der Waals surface area contributed by atoms with E-state index in [1.165, 1.54) is 7.11 Å². The first kappa shape index (κ1) is 19.3. The van der Waals surface area contributed by atoms with Crippen LogP contribution in [0.4, 0.5) is 0 Å². The number of ether oxygens (including phenoxy) is 1. The quantitative estimate of drug-likeness (QED) is 0.512. The van der Waals surface area contributed by atoms with Gasteiger partial charge in [-0.25, -0.2) is 4.98 Å². The lowest BCUT2D eigenvalue weighted by molar-refractivity contribution is -0.139. The lowest BCUT2D eigenvalue weighted by Crippen LogP contribution is -2.30. The summed E-state index contributed by atoms with van der Waals surface area (Å²) in [4.78, 5) is 29.0. The van der Waals surface area contributed by atoms with Crippen molar-refractivity contribution in [3.05, 3.63) is 71.8 Å². The van der Waals surface area contributed by atoms with Crippen molar-refractivity contribution in [2.45, 2.75) is 6.92 Å². The van der Waals surface area contributed by atoms with Crippen LogP contribution in [-0.2, 0) is 9.53 Å². The van der Waals surface area contributed by atoms with E-state index in [-0.39, 0.29) is 12.3 Å². The van der Waals surface area contributed by atoms with Gasteiger partial charge in [-0.1, -0.05) is 65.3 Å². The predicted octanol–water partition coefficient (Wildman–Crippen LogP) is 3.77. The van der Waals surface area contributed by atoms with Gasteiger partial charge in [0, 0.05) is 11.1 Å². The first-order chi connectivity index (χ1) is 14.6. The number of aromatic nitrogens is 2. The first-order valence-electron chi connectivity index (χ1n) is 9.34. The Labute approximate surface area is 172 Å². The Balaban J connectivity index is 1.87. The van der Waals surface area contributed by atoms with Crippen LogP contribution < -0.4 is 5.32 Å². The Bertz CT molecular complexity index is 1210. The second-order valence-corrected chi connectivity index (χ2v) is 6.76. The molecule has 0 spiro atoms. The van der Waals surface area contributed by atoms with Crippen molar-refractivity contribution in [3.63, 3.8) is 0 Å². The van der Waals surface area contributed by atoms with E-state index in [1.807, 2.05) is 61.5 Å². The normalized spacial score (nSPS) is 10.7. The fourth-order valence-corrected chi connectivity index (χ4v) is 3.12. The van der Waals surface area contributed by atoms with E-state index in [1.54, 1.807) is 6.07 Å². The SMILES string of the molecule is COC(=O)CNC(=O)c1cc(-c2ccccc2)nc2onc(-c3ccc(C)cc3)c12. The minimum Gasteiger partial charge on any atom is -0.468 e. The summed E-state index contributed by atoms with van der Waals surface area (Å²) >= 11 is 0. The first-order valence-corrected chi connectivity index (χ1v) is 9.34. The summed E-state index contributed by atoms with van der Waals surface area (Å²) in [5.74, 6) is -0.984. The largest absolute Gasteiger partial charge is 0.468 e. The zero-order valence-electron chi connectivity index (χ0n) is 16.5. The van der Waals surface area contributed by atoms with Crippen molar-refractivity contribution < 1.29 is 18.8 Å². The Kier molecular flexibility index (Phi) is 5.26. The summed E-state index contributed by atoms with van der Waals surface area (Å²) in [7, 11) is 1.27. The smallest absolute Gasteiger partial charge is 0.325 e. The molecule has 0 atom stereocenters. The molecule has 2 heterocycles. The molecule has 2 aromatic heterocycles. The highest BCUT2D eigenvalue weighted by molar-refractivity contribution is 6.10. The van der Waals surface area contributed by atoms with Crippen LogP contribution in [0, 0.1) is 6.92 Å². The van der Waals surface area contributed by atoms with Crippen molar-refractivity contribution in [2.75, 3.05) is 13.7 Å². The number of hydrogen-bond acceptors (Lipinski definition) is 6. The van der Waals surface area contributed by atoms with Crippen molar-refractivity contribution in [1.82, 2.24) is 15.5 Å². The van der Waals surface area contributed by atoms with E-state index in [4.69, 9.17) is 4.52 Å². The lowest BCUT2D eigenvalue weighted by atomic mass is 10.0. The zero-order valence-corrected chi connectivity index (χ0v) is 16.5. The molecule has 7 nitrogen and oxygen atoms in total. The molecule has 0 aliphatic rings. The summed E-state index contributed by atoms with van der Waals surface area (Å²) in [6, 6.07) is 18.9. The molecule has 7 heteroatoms. The van der Waals surface area contributed by atoms with Gasteiger partial charge in [0.25, 0.3) is 11.6 Å². The molecule has 1 N–H and O–H groups in total. The third-order valence-electron chi connectivity index (χ3n) is 4.71. The second kappa shape index (κ2) is 8.16. The summed E-state index contributed by atoms with van der Waals surface area (Å²) in [6.07, 6.45) is 0. The van der Waals surface area contributed by atoms with Crippen LogP contribution in [0.2, 0.25) is 0 Å². The standard InChI is InChI=1S/C23H19N3O4/c1-14-8-10-16(11-9-14)21-20-17(22(28)24-13-19(27)29-2)12-18(25-23(20)30-26-21)15-6-4-3-5-7-15/h3-12H,13H2,1-2H3,(H,24,28). The molecule has 0 fully saturated rings. The number of aryl methyl sites for hydroxylation is 1. The Morgan fingerprint density at radius 3 is 2.47 bits per heavy atom. The van der Waals surface area contributed by atoms with Gasteiger partial charge in [0.05, 0.1) is 23.8 Å². The molecule has 30 heavy (non-hydrogen) atoms. The Morgan fingerprint density at radius 2 is 1.77 bits per heavy atom. The van der Waals surface area contributed by atoms with Gasteiger partial charge >= 0.3 is 5.97 Å². The van der Waals surface area contributed by atoms with Gasteiger partial charge in [0.2, 0.25) is 0 Å². The van der Waals surface area contributed by atoms with E-state index in [0.717, 1.165) is 16.7 Å². The van der Waals surface area contributed by atoms with Crippen molar-refractivity contribution in [1.29, 1.82) is 0 Å². The highest BCUT2D eigenvalue weighted by Crippen LogP contribution is 2.32. The van der Waals surface area contributed by atoms with Crippen LogP contribution in [0.5, 0.6) is 0 Å². The molecule has 0 unspecified atom stereocenters. The van der Waals surface area contributed by atoms with Crippen molar-refractivity contribution in [2.24, 2.45) is 0 Å². The van der Waals surface area contributed by atoms with Crippen LogP contribution in [0.15, 0.2) is 65.2 Å². The summed E-state index contributed by atoms with van der Waals surface area (Å²) in [5, 5.41) is 7.25. The molecule has 0 saturated carbocycles. The molecule has 0 aliphatic carbocycles. The van der Waals surface area contributed by atoms with Gasteiger partial charge in [0.15, 0.2) is 0 Å². The monoisotopic (exact) mass is 401 g/mol. The number of hydrogen-bond donors (Lipinski definition) is 1. The van der Waals surface area contributed by atoms with E-state index >= 15 is 0 Å². The average Bonchev–Trinajstić information content (AvgIpc) is 3.21. The Morgan fingerprint density at radius 1 is 1.03 bits per heavy atom. The number of methoxy groups -OCH3 is 1. The number of carbonyl (C=O) groups is 2. The molecule has 1 amide bonds. The minimum atomic E-state index is -0.541. The molecule has 4 aromatic rings. The van der Waals surface area contributed by atoms with Crippen molar-refractivity contribution in [3.8, 4) is 22.5 Å². The average molecular weight is 401 g/mol. The molecule has 150 valence electrons. The number of rotatable bonds is 5. The highest BCUT2D eigenvalue weighted by atomic mass is 16.5. The van der Waals surface area contributed by atoms with Crippen LogP contribution in [0.25, 0.3) is 33.6 Å². The van der Waals surface area contributed by atoms with Crippen LogP contribution >= 0.6 is 0 Å². The van der Waals surface area contributed by atoms with Crippen molar-refractivity contribution >= 4 is 23.0 Å². The topological polar surface area (TPSA) is 94.3 Å². The lowest BCUT2D eigenvalue weighted by Gasteiger charge is -2.08. The van der Waals surface area contributed by atoms with Crippen LogP contribution in [0.3, 0.4) is 0 Å². The molecular formula is C23H19N3O4. The van der Waals surface area contributed by atoms with E-state index in [9.17, 15) is 9.59 Å². The van der Waals surface area contributed by atoms with Gasteiger partial charge < -0.3 is 14.6 Å². The maximum Gasteiger partial charge on any atom is 0.325 e. The van der Waals surface area contributed by atoms with Gasteiger partial charge in [-0.3, -0.25) is 9.59 Å². The predicted molar refractivity (Wildman–Crippen MR) is 112 cm³/mol. The van der Waals surface area contributed by atoms with E-state index in [2.05, 4.69) is 20.2 Å². The fourth-order valence-electron chi connectivity index (χ4n) is 3.12. The molecule has 4 rings (SSSR count). The van der Waals surface area contributed by atoms with Gasteiger partial charge in [-0.05, 0) is 13.0 Å². The molecule has 0 bridgehead atoms. The number of amides is 1. The van der Waals surface area contributed by atoms with E-state index in [0.29, 0.717) is 22.3 Å². The maximum absolute atomic E-state index is 13.0. The zero-order chi connectivity index (χ0) is 21.1. The number of nitrogens with zero attached hydrogens (tertiary/aromatic N) is 2. The number of pyridine rings is 1. The minimum absolute atomic E-state index is 0.245. The fraction of sp³-hybridized carbons (Fsp3) is 0.130. The molecule has 0 aliphatic heterocycles. The summed E-state index contributed by atoms with van der Waals surface area (Å²) < 4.78 is 10.1. The highest BCUT2D eigenvalue weighted by Gasteiger charge is 2.22. The third-order valence-corrected chi connectivity index (χ3v) is 4.71. The molecular weight excluding hydrogens is 382 g/mol. The molecule has 0 radical (unpaired) electrons. The number of esters is 1. The summed E-state index contributed by atoms with van der Waals surface area (Å²) in [5.41, 5.74) is 4.38. The summed E-state index contributed by atoms with van der Waals surface area (Å²) in [6.45, 7) is 1.75. The third kappa shape index (κ3) is 3.77. The van der Waals surface area contributed by atoms with Crippen LogP contribution in [-0.4, -0.2) is 35.7 Å². The van der Waals surface area contributed by atoms with Crippen LogP contribution in [0.1, 0.15) is 15.9 Å². The molecule has 2 aromatic carbocycles. The molecule has 0 saturated heterocycles. The number of carbonyl (C=O) groups excluding carboxylic acids is 2. The Hall–Kier alpha value is -4.00. The van der Waals surface area contributed by atoms with Gasteiger partial charge in [0.1, 0.15) is 12.2 Å². The van der Waals surface area contributed by atoms with Gasteiger partial charge in [-0.2, -0.15) is 0 Å². The number of nitrogens with one attached hydrogen (secondary N) is 1. The number of benzene rings is 2. The van der Waals surface area contributed by atoms with E-state index < -0.39 is 11.9 Å². The second-order valence-electron chi connectivity index (χ2n) is 6.76.